The molecule has 0 atom stereocenters. The largest absolute Gasteiger partial charge is 0.368 e. The van der Waals surface area contributed by atoms with E-state index in [-0.39, 0.29) is 0 Å². The fourth-order valence-electron chi connectivity index (χ4n) is 3.91. The Morgan fingerprint density at radius 2 is 1.93 bits per heavy atom. The summed E-state index contributed by atoms with van der Waals surface area (Å²) < 4.78 is 0. The van der Waals surface area contributed by atoms with E-state index in [2.05, 4.69) is 73.5 Å². The number of tetrazole rings is 1. The number of hydrogen-bond acceptors (Lipinski definition) is 7. The minimum atomic E-state index is 0.612. The number of nitrogens with one attached hydrogen (secondary N) is 1. The number of benzene rings is 1. The van der Waals surface area contributed by atoms with Crippen LogP contribution in [0.2, 0.25) is 0 Å². The molecule has 0 spiro atoms. The maximum Gasteiger partial charge on any atom is 0.206 e. The van der Waals surface area contributed by atoms with Crippen molar-refractivity contribution in [3.05, 3.63) is 47.3 Å². The van der Waals surface area contributed by atoms with Gasteiger partial charge in [0.15, 0.2) is 0 Å². The average Bonchev–Trinajstić information content (AvgIpc) is 3.25. The van der Waals surface area contributed by atoms with E-state index in [0.717, 1.165) is 50.4 Å². The van der Waals surface area contributed by atoms with Crippen LogP contribution in [-0.2, 0) is 13.0 Å². The van der Waals surface area contributed by atoms with Crippen LogP contribution in [0.25, 0.3) is 11.4 Å². The molecule has 0 bridgehead atoms. The number of hydrogen-bond donors (Lipinski definition) is 1. The number of piperazine rings is 1. The van der Waals surface area contributed by atoms with Crippen LogP contribution in [0, 0.1) is 12.8 Å². The summed E-state index contributed by atoms with van der Waals surface area (Å²) in [7, 11) is 0. The normalized spacial score (nSPS) is 15.2. The van der Waals surface area contributed by atoms with Gasteiger partial charge in [-0.05, 0) is 59.9 Å². The topological polar surface area (TPSA) is 86.7 Å². The molecule has 0 unspecified atom stereocenters. The number of anilines is 1. The van der Waals surface area contributed by atoms with Crippen molar-refractivity contribution in [2.24, 2.45) is 5.92 Å². The van der Waals surface area contributed by atoms with Crippen molar-refractivity contribution >= 4 is 5.69 Å². The van der Waals surface area contributed by atoms with Crippen molar-refractivity contribution in [1.82, 2.24) is 35.7 Å². The zero-order valence-electron chi connectivity index (χ0n) is 17.3. The van der Waals surface area contributed by atoms with E-state index < -0.39 is 0 Å². The Bertz CT molecular complexity index is 915. The number of aromatic nitrogens is 6. The lowest BCUT2D eigenvalue weighted by Crippen LogP contribution is -2.46. The predicted molar refractivity (Wildman–Crippen MR) is 112 cm³/mol. The molecule has 0 amide bonds. The highest BCUT2D eigenvalue weighted by Gasteiger charge is 2.23. The van der Waals surface area contributed by atoms with Gasteiger partial charge >= 0.3 is 0 Å². The summed E-state index contributed by atoms with van der Waals surface area (Å²) in [6.45, 7) is 11.4. The molecule has 3 aromatic rings. The molecule has 4 rings (SSSR count). The van der Waals surface area contributed by atoms with Crippen LogP contribution in [0.3, 0.4) is 0 Å². The number of H-pyrrole nitrogens is 1. The van der Waals surface area contributed by atoms with Gasteiger partial charge in [-0.15, -0.1) is 10.2 Å². The first-order chi connectivity index (χ1) is 14.1. The molecule has 8 nitrogen and oxygen atoms in total. The van der Waals surface area contributed by atoms with E-state index in [9.17, 15) is 0 Å². The second kappa shape index (κ2) is 8.65. The SMILES string of the molecule is Cc1cc(-c2nn[nH]n2)c(N2CCN(Cc3cccnn3)CC2)cc1CC(C)C. The van der Waals surface area contributed by atoms with Crippen LogP contribution in [0.1, 0.15) is 30.7 Å². The van der Waals surface area contributed by atoms with Crippen LogP contribution in [0.5, 0.6) is 0 Å². The molecule has 1 N–H and O–H groups in total. The highest BCUT2D eigenvalue weighted by molar-refractivity contribution is 5.76. The molecule has 0 saturated carbocycles. The van der Waals surface area contributed by atoms with Gasteiger partial charge in [0.2, 0.25) is 5.82 Å². The number of nitrogens with zero attached hydrogens (tertiary/aromatic N) is 7. The van der Waals surface area contributed by atoms with Gasteiger partial charge in [0.1, 0.15) is 0 Å². The second-order valence-electron chi connectivity index (χ2n) is 8.11. The van der Waals surface area contributed by atoms with Gasteiger partial charge in [-0.3, -0.25) is 4.90 Å². The van der Waals surface area contributed by atoms with E-state index in [1.807, 2.05) is 12.1 Å². The molecule has 3 heterocycles. The molecular weight excluding hydrogens is 364 g/mol. The molecule has 1 saturated heterocycles. The predicted octanol–water partition coefficient (Wildman–Crippen LogP) is 2.49. The number of rotatable bonds is 6. The first-order valence-electron chi connectivity index (χ1n) is 10.2. The van der Waals surface area contributed by atoms with E-state index in [0.29, 0.717) is 11.7 Å². The monoisotopic (exact) mass is 392 g/mol. The zero-order valence-corrected chi connectivity index (χ0v) is 17.3. The van der Waals surface area contributed by atoms with Gasteiger partial charge < -0.3 is 4.90 Å². The summed E-state index contributed by atoms with van der Waals surface area (Å²) in [6, 6.07) is 8.52. The third-order valence-electron chi connectivity index (χ3n) is 5.39. The van der Waals surface area contributed by atoms with Gasteiger partial charge in [0.05, 0.1) is 5.69 Å². The van der Waals surface area contributed by atoms with E-state index >= 15 is 0 Å². The number of aromatic amines is 1. The Balaban J connectivity index is 1.55. The van der Waals surface area contributed by atoms with Crippen molar-refractivity contribution < 1.29 is 0 Å². The Kier molecular flexibility index (Phi) is 5.80. The molecule has 8 heteroatoms. The summed E-state index contributed by atoms with van der Waals surface area (Å²) in [5, 5.41) is 23.0. The van der Waals surface area contributed by atoms with E-state index in [1.165, 1.54) is 16.8 Å². The van der Waals surface area contributed by atoms with Crippen LogP contribution in [0.4, 0.5) is 5.69 Å². The molecule has 152 valence electrons. The molecule has 1 fully saturated rings. The maximum absolute atomic E-state index is 4.24. The lowest BCUT2D eigenvalue weighted by Gasteiger charge is -2.37. The van der Waals surface area contributed by atoms with Crippen molar-refractivity contribution in [2.45, 2.75) is 33.7 Å². The average molecular weight is 393 g/mol. The molecule has 1 aromatic carbocycles. The minimum Gasteiger partial charge on any atom is -0.368 e. The quantitative estimate of drug-likeness (QED) is 0.689. The molecule has 1 aliphatic heterocycles. The van der Waals surface area contributed by atoms with Crippen molar-refractivity contribution in [1.29, 1.82) is 0 Å². The molecule has 0 radical (unpaired) electrons. The summed E-state index contributed by atoms with van der Waals surface area (Å²) in [5.74, 6) is 1.27. The summed E-state index contributed by atoms with van der Waals surface area (Å²) in [4.78, 5) is 4.87. The van der Waals surface area contributed by atoms with Crippen molar-refractivity contribution in [3.8, 4) is 11.4 Å². The second-order valence-corrected chi connectivity index (χ2v) is 8.11. The Morgan fingerprint density at radius 1 is 1.10 bits per heavy atom. The maximum atomic E-state index is 4.24. The van der Waals surface area contributed by atoms with Crippen LogP contribution in [-0.4, -0.2) is 61.9 Å². The fourth-order valence-corrected chi connectivity index (χ4v) is 3.91. The summed E-state index contributed by atoms with van der Waals surface area (Å²) >= 11 is 0. The molecular formula is C21H28N8. The first-order valence-corrected chi connectivity index (χ1v) is 10.2. The summed E-state index contributed by atoms with van der Waals surface area (Å²) in [6.07, 6.45) is 2.78. The summed E-state index contributed by atoms with van der Waals surface area (Å²) in [5.41, 5.74) is 5.94. The lowest BCUT2D eigenvalue weighted by molar-refractivity contribution is 0.246. The van der Waals surface area contributed by atoms with E-state index in [4.69, 9.17) is 0 Å². The molecule has 29 heavy (non-hydrogen) atoms. The highest BCUT2D eigenvalue weighted by Crippen LogP contribution is 2.33. The Morgan fingerprint density at radius 3 is 2.59 bits per heavy atom. The Labute approximate surface area is 171 Å². The van der Waals surface area contributed by atoms with Gasteiger partial charge in [-0.2, -0.15) is 15.4 Å². The number of aryl methyl sites for hydroxylation is 1. The third kappa shape index (κ3) is 4.59. The van der Waals surface area contributed by atoms with Crippen molar-refractivity contribution in [3.63, 3.8) is 0 Å². The highest BCUT2D eigenvalue weighted by atomic mass is 15.5. The molecule has 1 aliphatic rings. The van der Waals surface area contributed by atoms with Gasteiger partial charge in [0.25, 0.3) is 0 Å². The van der Waals surface area contributed by atoms with Crippen LogP contribution >= 0.6 is 0 Å². The fraction of sp³-hybridized carbons (Fsp3) is 0.476. The third-order valence-corrected chi connectivity index (χ3v) is 5.39. The zero-order chi connectivity index (χ0) is 20.2. The molecule has 0 aliphatic carbocycles. The van der Waals surface area contributed by atoms with Crippen LogP contribution in [0.15, 0.2) is 30.5 Å². The first kappa shape index (κ1) is 19.4. The van der Waals surface area contributed by atoms with Crippen LogP contribution < -0.4 is 4.90 Å². The van der Waals surface area contributed by atoms with Gasteiger partial charge in [-0.25, -0.2) is 0 Å². The minimum absolute atomic E-state index is 0.612. The lowest BCUT2D eigenvalue weighted by atomic mass is 9.95. The smallest absolute Gasteiger partial charge is 0.206 e. The standard InChI is InChI=1S/C21H28N8/c1-15(2)11-17-13-20(19(12-16(17)3)21-24-26-27-25-21)29-9-7-28(8-10-29)14-18-5-4-6-22-23-18/h4-6,12-13,15H,7-11,14H2,1-3H3,(H,24,25,26,27). The van der Waals surface area contributed by atoms with Gasteiger partial charge in [-0.1, -0.05) is 13.8 Å². The van der Waals surface area contributed by atoms with Gasteiger partial charge in [0, 0.05) is 50.2 Å². The Hall–Kier alpha value is -2.87. The molecule has 2 aromatic heterocycles. The van der Waals surface area contributed by atoms with E-state index in [1.54, 1.807) is 6.20 Å². The van der Waals surface area contributed by atoms with Crippen molar-refractivity contribution in [2.75, 3.05) is 31.1 Å².